The van der Waals surface area contributed by atoms with Gasteiger partial charge in [0, 0.05) is 54.7 Å². The second-order valence-corrected chi connectivity index (χ2v) is 15.3. The van der Waals surface area contributed by atoms with Gasteiger partial charge in [0.15, 0.2) is 17.5 Å². The van der Waals surface area contributed by atoms with Crippen molar-refractivity contribution in [3.05, 3.63) is 182 Å². The van der Waals surface area contributed by atoms with Crippen LogP contribution < -0.4 is 0 Å². The predicted molar refractivity (Wildman–Crippen MR) is 244 cm³/mol. The first-order valence-electron chi connectivity index (χ1n) is 19.7. The molecular weight excluding hydrogens is 757 g/mol. The molecule has 0 bridgehead atoms. The molecule has 7 nitrogen and oxygen atoms in total. The van der Waals surface area contributed by atoms with Crippen LogP contribution >= 0.6 is 11.7 Å². The minimum absolute atomic E-state index is 0.599. The van der Waals surface area contributed by atoms with Crippen molar-refractivity contribution in [1.82, 2.24) is 28.7 Å². The zero-order valence-corrected chi connectivity index (χ0v) is 32.6. The number of fused-ring (bicyclic) bond motifs is 8. The lowest BCUT2D eigenvalue weighted by Gasteiger charge is -2.12. The molecule has 4 aromatic heterocycles. The van der Waals surface area contributed by atoms with Crippen LogP contribution in [0.4, 0.5) is 0 Å². The highest BCUT2D eigenvalue weighted by molar-refractivity contribution is 7.00. The summed E-state index contributed by atoms with van der Waals surface area (Å²) in [7, 11) is 0. The highest BCUT2D eigenvalue weighted by Crippen LogP contribution is 2.39. The molecule has 0 unspecified atom stereocenters. The fraction of sp³-hybridized carbons (Fsp3) is 0. The van der Waals surface area contributed by atoms with Crippen molar-refractivity contribution in [2.45, 2.75) is 0 Å². The first kappa shape index (κ1) is 34.1. The zero-order chi connectivity index (χ0) is 39.6. The van der Waals surface area contributed by atoms with E-state index in [9.17, 15) is 0 Å². The standard InChI is InChI=1S/C52H30N6OS/c1-3-10-33(11-4-1)47-42-28-29-43-48(58-60-57-43)46(42)41-27-26-37(30-44(41)53-47)31-18-22-35(23-19-31)51-54-50(34-12-5-2-6-13-34)55-52(56-51)36-24-20-32(21-25-36)38-15-9-16-40-39-14-7-8-17-45(39)59-49(38)40/h1-30H. The monoisotopic (exact) mass is 786 g/mol. The van der Waals surface area contributed by atoms with E-state index in [4.69, 9.17) is 28.7 Å². The van der Waals surface area contributed by atoms with E-state index in [1.54, 1.807) is 0 Å². The quantitative estimate of drug-likeness (QED) is 0.155. The average molecular weight is 787 g/mol. The Morgan fingerprint density at radius 3 is 1.68 bits per heavy atom. The summed E-state index contributed by atoms with van der Waals surface area (Å²) in [5.41, 5.74) is 13.4. The number of benzene rings is 8. The van der Waals surface area contributed by atoms with Crippen LogP contribution in [0.15, 0.2) is 186 Å². The van der Waals surface area contributed by atoms with Crippen molar-refractivity contribution >= 4 is 66.4 Å². The summed E-state index contributed by atoms with van der Waals surface area (Å²) < 4.78 is 15.6. The third-order valence-electron chi connectivity index (χ3n) is 11.2. The molecule has 0 N–H and O–H groups in total. The van der Waals surface area contributed by atoms with Crippen molar-refractivity contribution in [3.8, 4) is 67.7 Å². The minimum atomic E-state index is 0.599. The van der Waals surface area contributed by atoms with Gasteiger partial charge in [-0.3, -0.25) is 0 Å². The number of nitrogens with zero attached hydrogens (tertiary/aromatic N) is 6. The van der Waals surface area contributed by atoms with Gasteiger partial charge < -0.3 is 4.42 Å². The summed E-state index contributed by atoms with van der Waals surface area (Å²) in [6, 6.07) is 62.3. The molecule has 0 saturated carbocycles. The fourth-order valence-electron chi connectivity index (χ4n) is 8.27. The highest BCUT2D eigenvalue weighted by Gasteiger charge is 2.18. The van der Waals surface area contributed by atoms with Crippen molar-refractivity contribution in [1.29, 1.82) is 0 Å². The van der Waals surface area contributed by atoms with Gasteiger partial charge in [-0.15, -0.1) is 0 Å². The maximum atomic E-state index is 6.35. The topological polar surface area (TPSA) is 90.5 Å². The number of para-hydroxylation sites is 2. The molecule has 0 fully saturated rings. The Morgan fingerprint density at radius 1 is 0.367 bits per heavy atom. The fourth-order valence-corrected chi connectivity index (χ4v) is 8.81. The highest BCUT2D eigenvalue weighted by atomic mass is 32.1. The van der Waals surface area contributed by atoms with E-state index < -0.39 is 0 Å². The SMILES string of the molecule is c1ccc(-c2nc(-c3ccc(-c4ccc5c(c4)nc(-c4ccccc4)c4ccc6nsnc6c45)cc3)nc(-c3ccc(-c4cccc5c4oc4ccccc45)cc3)n2)cc1. The van der Waals surface area contributed by atoms with Crippen LogP contribution in [0.5, 0.6) is 0 Å². The number of rotatable bonds is 6. The number of pyridine rings is 1. The van der Waals surface area contributed by atoms with Crippen molar-refractivity contribution in [3.63, 3.8) is 0 Å². The second-order valence-electron chi connectivity index (χ2n) is 14.8. The third kappa shape index (κ3) is 5.73. The molecule has 0 saturated heterocycles. The molecule has 0 amide bonds. The van der Waals surface area contributed by atoms with Crippen LogP contribution in [0.2, 0.25) is 0 Å². The van der Waals surface area contributed by atoms with E-state index in [0.29, 0.717) is 17.5 Å². The van der Waals surface area contributed by atoms with Gasteiger partial charge in [-0.25, -0.2) is 19.9 Å². The van der Waals surface area contributed by atoms with Crippen LogP contribution in [-0.2, 0) is 0 Å². The molecule has 0 atom stereocenters. The van der Waals surface area contributed by atoms with Gasteiger partial charge in [-0.2, -0.15) is 8.75 Å². The van der Waals surface area contributed by atoms with Crippen LogP contribution in [0.25, 0.3) is 122 Å². The number of hydrogen-bond donors (Lipinski definition) is 0. The molecule has 0 radical (unpaired) electrons. The lowest BCUT2D eigenvalue weighted by Crippen LogP contribution is -2.00. The summed E-state index contributed by atoms with van der Waals surface area (Å²) in [5.74, 6) is 1.81. The van der Waals surface area contributed by atoms with Crippen molar-refractivity contribution in [2.75, 3.05) is 0 Å². The maximum Gasteiger partial charge on any atom is 0.164 e. The van der Waals surface area contributed by atoms with Gasteiger partial charge >= 0.3 is 0 Å². The van der Waals surface area contributed by atoms with Crippen molar-refractivity contribution < 1.29 is 4.42 Å². The summed E-state index contributed by atoms with van der Waals surface area (Å²) >= 11 is 1.24. The Bertz CT molecular complexity index is 3580. The van der Waals surface area contributed by atoms with Crippen LogP contribution in [0.3, 0.4) is 0 Å². The Balaban J connectivity index is 0.923. The van der Waals surface area contributed by atoms with Crippen LogP contribution in [-0.4, -0.2) is 28.7 Å². The lowest BCUT2D eigenvalue weighted by molar-refractivity contribution is 0.670. The van der Waals surface area contributed by atoms with E-state index in [1.165, 1.54) is 11.7 Å². The Kier molecular flexibility index (Phi) is 7.89. The molecule has 0 aliphatic heterocycles. The summed E-state index contributed by atoms with van der Waals surface area (Å²) in [6.07, 6.45) is 0. The molecule has 60 heavy (non-hydrogen) atoms. The Labute approximate surface area is 347 Å². The second kappa shape index (κ2) is 13.9. The van der Waals surface area contributed by atoms with Gasteiger partial charge in [0.25, 0.3) is 0 Å². The normalized spacial score (nSPS) is 11.7. The van der Waals surface area contributed by atoms with E-state index in [0.717, 1.165) is 105 Å². The van der Waals surface area contributed by atoms with E-state index in [2.05, 4.69) is 114 Å². The molecule has 0 aliphatic carbocycles. The third-order valence-corrected chi connectivity index (χ3v) is 11.8. The summed E-state index contributed by atoms with van der Waals surface area (Å²) in [4.78, 5) is 20.3. The number of furan rings is 1. The zero-order valence-electron chi connectivity index (χ0n) is 31.8. The largest absolute Gasteiger partial charge is 0.455 e. The van der Waals surface area contributed by atoms with Crippen LogP contribution in [0, 0.1) is 0 Å². The molecule has 8 aromatic carbocycles. The van der Waals surface area contributed by atoms with Crippen molar-refractivity contribution in [2.24, 2.45) is 0 Å². The van der Waals surface area contributed by atoms with Gasteiger partial charge in [-0.05, 0) is 41.0 Å². The van der Waals surface area contributed by atoms with Gasteiger partial charge in [0.05, 0.1) is 22.9 Å². The van der Waals surface area contributed by atoms with Gasteiger partial charge in [0.2, 0.25) is 0 Å². The van der Waals surface area contributed by atoms with Gasteiger partial charge in [0.1, 0.15) is 22.2 Å². The first-order valence-corrected chi connectivity index (χ1v) is 20.4. The maximum absolute atomic E-state index is 6.35. The van der Waals surface area contributed by atoms with Gasteiger partial charge in [-0.1, -0.05) is 158 Å². The molecule has 12 rings (SSSR count). The molecule has 12 aromatic rings. The average Bonchev–Trinajstić information content (AvgIpc) is 3.97. The number of hydrogen-bond acceptors (Lipinski definition) is 8. The van der Waals surface area contributed by atoms with Crippen LogP contribution in [0.1, 0.15) is 0 Å². The molecule has 4 heterocycles. The molecule has 0 spiro atoms. The first-order chi connectivity index (χ1) is 29.7. The Hall–Kier alpha value is -7.94. The summed E-state index contributed by atoms with van der Waals surface area (Å²) in [5, 5.41) is 5.40. The predicted octanol–water partition coefficient (Wildman–Crippen LogP) is 13.5. The lowest BCUT2D eigenvalue weighted by atomic mass is 9.96. The number of aromatic nitrogens is 6. The molecular formula is C52H30N6OS. The smallest absolute Gasteiger partial charge is 0.164 e. The molecule has 0 aliphatic rings. The Morgan fingerprint density at radius 2 is 0.950 bits per heavy atom. The minimum Gasteiger partial charge on any atom is -0.455 e. The van der Waals surface area contributed by atoms with E-state index in [-0.39, 0.29) is 0 Å². The van der Waals surface area contributed by atoms with E-state index in [1.807, 2.05) is 72.8 Å². The molecule has 280 valence electrons. The molecule has 8 heteroatoms. The summed E-state index contributed by atoms with van der Waals surface area (Å²) in [6.45, 7) is 0. The van der Waals surface area contributed by atoms with E-state index >= 15 is 0 Å².